The summed E-state index contributed by atoms with van der Waals surface area (Å²) in [7, 11) is 0. The predicted molar refractivity (Wildman–Crippen MR) is 93.9 cm³/mol. The number of nitrogens with zero attached hydrogens (tertiary/aromatic N) is 1. The molecule has 3 aliphatic rings. The number of ether oxygens (including phenoxy) is 2. The number of benzene rings is 1. The lowest BCUT2D eigenvalue weighted by atomic mass is 9.80. The van der Waals surface area contributed by atoms with Crippen LogP contribution < -0.4 is 5.32 Å². The van der Waals surface area contributed by atoms with Gasteiger partial charge in [-0.25, -0.2) is 0 Å². The lowest BCUT2D eigenvalue weighted by Crippen LogP contribution is -2.39. The molecule has 2 bridgehead atoms. The van der Waals surface area contributed by atoms with Gasteiger partial charge >= 0.3 is 11.9 Å². The highest BCUT2D eigenvalue weighted by molar-refractivity contribution is 9.09. The fourth-order valence-corrected chi connectivity index (χ4v) is 5.47. The number of carbonyl (C=O) groups is 3. The summed E-state index contributed by atoms with van der Waals surface area (Å²) in [6.45, 7) is -0.534. The van der Waals surface area contributed by atoms with Crippen molar-refractivity contribution in [3.8, 4) is 0 Å². The average molecular weight is 439 g/mol. The van der Waals surface area contributed by atoms with Crippen LogP contribution in [0.15, 0.2) is 24.3 Å². The minimum absolute atomic E-state index is 0.0168. The second kappa shape index (κ2) is 6.59. The molecule has 2 aliphatic carbocycles. The normalized spacial score (nSPS) is 32.9. The van der Waals surface area contributed by atoms with E-state index in [0.29, 0.717) is 0 Å². The molecule has 1 aliphatic heterocycles. The number of halogens is 1. The molecule has 1 heterocycles. The van der Waals surface area contributed by atoms with E-state index in [9.17, 15) is 24.5 Å². The number of fused-ring (bicyclic) bond motifs is 1. The second-order valence-corrected chi connectivity index (χ2v) is 7.98. The third kappa shape index (κ3) is 2.97. The lowest BCUT2D eigenvalue weighted by molar-refractivity contribution is -0.384. The standard InChI is InChI=1S/C17H15BrN2O7/c18-14-9-5-10-13(17(23)27-15(10)14)12(9)16(22)26-6-11(21)19-7-2-1-3-8(4-7)20(24)25/h1-4,9-10,12-15H,5-6H2,(H,19,21)/t9-,10-,12-,13+,14+,15+/m1/s1. The first kappa shape index (κ1) is 17.9. The Labute approximate surface area is 161 Å². The number of nitro benzene ring substituents is 1. The van der Waals surface area contributed by atoms with E-state index in [1.54, 1.807) is 0 Å². The minimum Gasteiger partial charge on any atom is -0.461 e. The van der Waals surface area contributed by atoms with Gasteiger partial charge in [0.1, 0.15) is 6.10 Å². The molecule has 6 atom stereocenters. The van der Waals surface area contributed by atoms with E-state index >= 15 is 0 Å². The predicted octanol–water partition coefficient (Wildman–Crippen LogP) is 1.65. The SMILES string of the molecule is O=C(COC(=O)[C@@H]1[C@H]2C[C@H]3[C@H](OC(=O)[C@@H]31)[C@H]2Br)Nc1cccc([N+](=O)[O-])c1. The maximum absolute atomic E-state index is 12.5. The minimum atomic E-state index is -0.616. The Morgan fingerprint density at radius 1 is 1.37 bits per heavy atom. The van der Waals surface area contributed by atoms with Gasteiger partial charge in [0.25, 0.3) is 11.6 Å². The highest BCUT2D eigenvalue weighted by atomic mass is 79.9. The van der Waals surface area contributed by atoms with Gasteiger partial charge in [0.15, 0.2) is 6.61 Å². The molecule has 1 saturated heterocycles. The van der Waals surface area contributed by atoms with Crippen molar-refractivity contribution >= 4 is 45.2 Å². The smallest absolute Gasteiger partial charge is 0.310 e. The van der Waals surface area contributed by atoms with Crippen LogP contribution in [0.5, 0.6) is 0 Å². The van der Waals surface area contributed by atoms with Gasteiger partial charge in [-0.3, -0.25) is 24.5 Å². The zero-order valence-corrected chi connectivity index (χ0v) is 15.5. The first-order chi connectivity index (χ1) is 12.9. The molecule has 1 aromatic carbocycles. The summed E-state index contributed by atoms with van der Waals surface area (Å²) in [5, 5.41) is 13.2. The van der Waals surface area contributed by atoms with Crippen LogP contribution in [-0.4, -0.2) is 40.3 Å². The van der Waals surface area contributed by atoms with Crippen molar-refractivity contribution in [1.82, 2.24) is 0 Å². The quantitative estimate of drug-likeness (QED) is 0.320. The Balaban J connectivity index is 1.36. The fourth-order valence-electron chi connectivity index (χ4n) is 4.42. The van der Waals surface area contributed by atoms with Crippen LogP contribution in [0.2, 0.25) is 0 Å². The van der Waals surface area contributed by atoms with Gasteiger partial charge < -0.3 is 14.8 Å². The molecule has 10 heteroatoms. The first-order valence-corrected chi connectivity index (χ1v) is 9.34. The molecule has 0 unspecified atom stereocenters. The van der Waals surface area contributed by atoms with Crippen LogP contribution in [-0.2, 0) is 23.9 Å². The summed E-state index contributed by atoms with van der Waals surface area (Å²) in [4.78, 5) is 46.6. The number of non-ortho nitro benzene ring substituents is 1. The van der Waals surface area contributed by atoms with E-state index < -0.39 is 35.2 Å². The lowest BCUT2D eigenvalue weighted by Gasteiger charge is -2.26. The van der Waals surface area contributed by atoms with E-state index in [4.69, 9.17) is 9.47 Å². The highest BCUT2D eigenvalue weighted by Gasteiger charge is 2.68. The maximum Gasteiger partial charge on any atom is 0.310 e. The van der Waals surface area contributed by atoms with Crippen LogP contribution in [0.3, 0.4) is 0 Å². The van der Waals surface area contributed by atoms with Crippen molar-refractivity contribution in [2.75, 3.05) is 11.9 Å². The Morgan fingerprint density at radius 2 is 2.15 bits per heavy atom. The van der Waals surface area contributed by atoms with Gasteiger partial charge in [-0.1, -0.05) is 22.0 Å². The Morgan fingerprint density at radius 3 is 2.89 bits per heavy atom. The van der Waals surface area contributed by atoms with Crippen molar-refractivity contribution in [2.24, 2.45) is 23.7 Å². The molecule has 2 saturated carbocycles. The molecule has 1 amide bonds. The third-order valence-corrected chi connectivity index (χ3v) is 6.68. The molecule has 0 aromatic heterocycles. The summed E-state index contributed by atoms with van der Waals surface area (Å²) in [5.74, 6) is -2.74. The van der Waals surface area contributed by atoms with Crippen molar-refractivity contribution in [1.29, 1.82) is 0 Å². The summed E-state index contributed by atoms with van der Waals surface area (Å²) >= 11 is 3.51. The van der Waals surface area contributed by atoms with Crippen molar-refractivity contribution < 1.29 is 28.8 Å². The number of nitro groups is 1. The molecule has 9 nitrogen and oxygen atoms in total. The molecule has 142 valence electrons. The fraction of sp³-hybridized carbons (Fsp3) is 0.471. The summed E-state index contributed by atoms with van der Waals surface area (Å²) < 4.78 is 10.5. The monoisotopic (exact) mass is 438 g/mol. The second-order valence-electron chi connectivity index (χ2n) is 6.92. The van der Waals surface area contributed by atoms with Gasteiger partial charge in [-0.2, -0.15) is 0 Å². The molecule has 3 fully saturated rings. The van der Waals surface area contributed by atoms with Gasteiger partial charge in [0.2, 0.25) is 0 Å². The highest BCUT2D eigenvalue weighted by Crippen LogP contribution is 2.60. The number of nitrogens with one attached hydrogen (secondary N) is 1. The molecular formula is C17H15BrN2O7. The summed E-state index contributed by atoms with van der Waals surface area (Å²) in [5.41, 5.74) is 0.0670. The van der Waals surface area contributed by atoms with E-state index in [1.165, 1.54) is 24.3 Å². The van der Waals surface area contributed by atoms with Crippen LogP contribution >= 0.6 is 15.9 Å². The van der Waals surface area contributed by atoms with Crippen LogP contribution in [0.4, 0.5) is 11.4 Å². The average Bonchev–Trinajstić information content (AvgIpc) is 3.24. The summed E-state index contributed by atoms with van der Waals surface area (Å²) in [6.07, 6.45) is 0.533. The first-order valence-electron chi connectivity index (χ1n) is 8.42. The molecule has 4 rings (SSSR count). The number of hydrogen-bond donors (Lipinski definition) is 1. The summed E-state index contributed by atoms with van der Waals surface area (Å²) in [6, 6.07) is 5.44. The Bertz CT molecular complexity index is 844. The van der Waals surface area contributed by atoms with Gasteiger partial charge in [-0.15, -0.1) is 0 Å². The van der Waals surface area contributed by atoms with Gasteiger partial charge in [0, 0.05) is 23.7 Å². The number of hydrogen-bond acceptors (Lipinski definition) is 7. The van der Waals surface area contributed by atoms with E-state index in [2.05, 4.69) is 21.2 Å². The molecule has 0 radical (unpaired) electrons. The molecule has 27 heavy (non-hydrogen) atoms. The van der Waals surface area contributed by atoms with E-state index in [-0.39, 0.29) is 40.1 Å². The van der Waals surface area contributed by atoms with Crippen LogP contribution in [0, 0.1) is 33.8 Å². The van der Waals surface area contributed by atoms with Crippen molar-refractivity contribution in [3.63, 3.8) is 0 Å². The van der Waals surface area contributed by atoms with E-state index in [0.717, 1.165) is 6.42 Å². The molecule has 1 aromatic rings. The topological polar surface area (TPSA) is 125 Å². The number of alkyl halides is 1. The Kier molecular flexibility index (Phi) is 4.37. The van der Waals surface area contributed by atoms with Crippen LogP contribution in [0.25, 0.3) is 0 Å². The number of anilines is 1. The van der Waals surface area contributed by atoms with Gasteiger partial charge in [0.05, 0.1) is 21.6 Å². The number of esters is 2. The van der Waals surface area contributed by atoms with Crippen molar-refractivity contribution in [2.45, 2.75) is 17.4 Å². The van der Waals surface area contributed by atoms with Gasteiger partial charge in [-0.05, 0) is 18.4 Å². The molecule has 0 spiro atoms. The van der Waals surface area contributed by atoms with E-state index in [1.807, 2.05) is 0 Å². The van der Waals surface area contributed by atoms with Crippen LogP contribution in [0.1, 0.15) is 6.42 Å². The zero-order chi connectivity index (χ0) is 19.3. The number of carbonyl (C=O) groups excluding carboxylic acids is 3. The number of amides is 1. The molecule has 1 N–H and O–H groups in total. The molecular weight excluding hydrogens is 424 g/mol. The maximum atomic E-state index is 12.5. The number of rotatable bonds is 5. The van der Waals surface area contributed by atoms with Crippen molar-refractivity contribution in [3.05, 3.63) is 34.4 Å². The third-order valence-electron chi connectivity index (χ3n) is 5.48. The Hall–Kier alpha value is -2.49. The zero-order valence-electron chi connectivity index (χ0n) is 13.9. The largest absolute Gasteiger partial charge is 0.461 e.